The van der Waals surface area contributed by atoms with Crippen LogP contribution in [0.2, 0.25) is 0 Å². The molecule has 0 aliphatic heterocycles. The van der Waals surface area contributed by atoms with Gasteiger partial charge in [0.25, 0.3) is 0 Å². The Morgan fingerprint density at radius 3 is 2.35 bits per heavy atom. The molecule has 0 saturated carbocycles. The molecule has 0 aliphatic carbocycles. The Balaban J connectivity index is 2.39. The van der Waals surface area contributed by atoms with E-state index in [0.29, 0.717) is 6.61 Å². The summed E-state index contributed by atoms with van der Waals surface area (Å²) in [6, 6.07) is 7.88. The number of hydrogen-bond acceptors (Lipinski definition) is 4. The smallest absolute Gasteiger partial charge is 0.119 e. The van der Waals surface area contributed by atoms with Crippen LogP contribution in [0.5, 0.6) is 5.75 Å². The number of aliphatic hydroxyl groups is 2. The minimum absolute atomic E-state index is 0.0588. The summed E-state index contributed by atoms with van der Waals surface area (Å²) in [5, 5.41) is 20.9. The molecule has 0 spiro atoms. The van der Waals surface area contributed by atoms with Crippen LogP contribution < -0.4 is 10.1 Å². The van der Waals surface area contributed by atoms with Gasteiger partial charge in [0, 0.05) is 5.92 Å². The zero-order valence-electron chi connectivity index (χ0n) is 10.2. The maximum Gasteiger partial charge on any atom is 0.119 e. The summed E-state index contributed by atoms with van der Waals surface area (Å²) < 4.78 is 5.47. The monoisotopic (exact) mass is 239 g/mol. The Bertz CT molecular complexity index is 296. The van der Waals surface area contributed by atoms with Crippen molar-refractivity contribution in [2.75, 3.05) is 33.4 Å². The number of likely N-dealkylation sites (N-methyl/N-ethyl adjacent to an activating group) is 1. The Kier molecular flexibility index (Phi) is 6.62. The highest BCUT2D eigenvalue weighted by molar-refractivity contribution is 5.27. The lowest BCUT2D eigenvalue weighted by molar-refractivity contribution is 0.106. The van der Waals surface area contributed by atoms with Crippen LogP contribution in [0.15, 0.2) is 24.3 Å². The predicted molar refractivity (Wildman–Crippen MR) is 67.2 cm³/mol. The largest absolute Gasteiger partial charge is 0.493 e. The minimum atomic E-state index is -0.209. The molecule has 17 heavy (non-hydrogen) atoms. The molecule has 96 valence electrons. The summed E-state index contributed by atoms with van der Waals surface area (Å²) in [6.07, 6.45) is 0.993. The van der Waals surface area contributed by atoms with Crippen molar-refractivity contribution in [3.63, 3.8) is 0 Å². The first-order valence-corrected chi connectivity index (χ1v) is 5.88. The molecular formula is C13H21NO3. The van der Waals surface area contributed by atoms with Gasteiger partial charge in [0.05, 0.1) is 19.8 Å². The molecule has 0 unspecified atom stereocenters. The molecule has 0 aromatic heterocycles. The van der Waals surface area contributed by atoms with E-state index < -0.39 is 0 Å². The van der Waals surface area contributed by atoms with Crippen LogP contribution in [0.1, 0.15) is 5.56 Å². The van der Waals surface area contributed by atoms with E-state index in [9.17, 15) is 0 Å². The highest BCUT2D eigenvalue weighted by Crippen LogP contribution is 2.13. The molecule has 0 heterocycles. The van der Waals surface area contributed by atoms with Gasteiger partial charge in [0.2, 0.25) is 0 Å². The molecule has 1 aromatic carbocycles. The summed E-state index contributed by atoms with van der Waals surface area (Å²) in [5.41, 5.74) is 1.26. The van der Waals surface area contributed by atoms with Gasteiger partial charge in [-0.25, -0.2) is 0 Å². The molecule has 0 aliphatic rings. The Labute approximate surface area is 102 Å². The van der Waals surface area contributed by atoms with Crippen LogP contribution >= 0.6 is 0 Å². The van der Waals surface area contributed by atoms with E-state index in [0.717, 1.165) is 18.7 Å². The van der Waals surface area contributed by atoms with E-state index in [1.165, 1.54) is 5.56 Å². The molecule has 0 amide bonds. The fourth-order valence-electron chi connectivity index (χ4n) is 1.40. The van der Waals surface area contributed by atoms with Crippen molar-refractivity contribution < 1.29 is 14.9 Å². The highest BCUT2D eigenvalue weighted by Gasteiger charge is 2.06. The third-order valence-electron chi connectivity index (χ3n) is 2.59. The number of hydrogen-bond donors (Lipinski definition) is 3. The van der Waals surface area contributed by atoms with Crippen molar-refractivity contribution in [3.05, 3.63) is 29.8 Å². The lowest BCUT2D eigenvalue weighted by Gasteiger charge is -2.12. The Morgan fingerprint density at radius 2 is 1.82 bits per heavy atom. The van der Waals surface area contributed by atoms with Gasteiger partial charge in [0.1, 0.15) is 5.75 Å². The van der Waals surface area contributed by atoms with Crippen molar-refractivity contribution in [3.8, 4) is 5.75 Å². The first-order chi connectivity index (χ1) is 8.30. The highest BCUT2D eigenvalue weighted by atomic mass is 16.5. The van der Waals surface area contributed by atoms with Crippen LogP contribution in [-0.4, -0.2) is 43.6 Å². The number of ether oxygens (including phenoxy) is 1. The standard InChI is InChI=1S/C13H21NO3/c1-14-7-6-11-2-4-13(5-3-11)17-10-12(8-15)9-16/h2-5,12,14-16H,6-10H2,1H3. The molecule has 1 rings (SSSR count). The molecule has 4 nitrogen and oxygen atoms in total. The van der Waals surface area contributed by atoms with E-state index >= 15 is 0 Å². The summed E-state index contributed by atoms with van der Waals surface area (Å²) >= 11 is 0. The van der Waals surface area contributed by atoms with Gasteiger partial charge < -0.3 is 20.3 Å². The first-order valence-electron chi connectivity index (χ1n) is 5.88. The molecule has 4 heteroatoms. The van der Waals surface area contributed by atoms with Crippen LogP contribution in [-0.2, 0) is 6.42 Å². The van der Waals surface area contributed by atoms with E-state index in [1.807, 2.05) is 31.3 Å². The van der Waals surface area contributed by atoms with Crippen LogP contribution in [0.3, 0.4) is 0 Å². The number of rotatable bonds is 8. The summed E-state index contributed by atoms with van der Waals surface area (Å²) in [6.45, 7) is 1.17. The molecule has 0 fully saturated rings. The van der Waals surface area contributed by atoms with Gasteiger partial charge in [-0.3, -0.25) is 0 Å². The van der Waals surface area contributed by atoms with Crippen molar-refractivity contribution in [2.24, 2.45) is 5.92 Å². The van der Waals surface area contributed by atoms with E-state index in [2.05, 4.69) is 5.32 Å². The molecule has 0 radical (unpaired) electrons. The lowest BCUT2D eigenvalue weighted by Crippen LogP contribution is -2.19. The van der Waals surface area contributed by atoms with Gasteiger partial charge in [0.15, 0.2) is 0 Å². The van der Waals surface area contributed by atoms with Gasteiger partial charge >= 0.3 is 0 Å². The van der Waals surface area contributed by atoms with Gasteiger partial charge in [-0.2, -0.15) is 0 Å². The Morgan fingerprint density at radius 1 is 1.18 bits per heavy atom. The second kappa shape index (κ2) is 8.06. The fourth-order valence-corrected chi connectivity index (χ4v) is 1.40. The molecule has 0 atom stereocenters. The third-order valence-corrected chi connectivity index (χ3v) is 2.59. The van der Waals surface area contributed by atoms with Gasteiger partial charge in [-0.15, -0.1) is 0 Å². The summed E-state index contributed by atoms with van der Waals surface area (Å²) in [7, 11) is 1.93. The van der Waals surface area contributed by atoms with E-state index in [4.69, 9.17) is 14.9 Å². The normalized spacial score (nSPS) is 10.8. The maximum absolute atomic E-state index is 8.90. The number of nitrogens with one attached hydrogen (secondary N) is 1. The lowest BCUT2D eigenvalue weighted by atomic mass is 10.1. The zero-order valence-corrected chi connectivity index (χ0v) is 10.2. The molecule has 3 N–H and O–H groups in total. The molecular weight excluding hydrogens is 218 g/mol. The minimum Gasteiger partial charge on any atom is -0.493 e. The second-order valence-corrected chi connectivity index (χ2v) is 4.04. The van der Waals surface area contributed by atoms with Crippen LogP contribution in [0, 0.1) is 5.92 Å². The van der Waals surface area contributed by atoms with E-state index in [1.54, 1.807) is 0 Å². The molecule has 0 bridgehead atoms. The molecule has 0 saturated heterocycles. The van der Waals surface area contributed by atoms with Crippen molar-refractivity contribution >= 4 is 0 Å². The van der Waals surface area contributed by atoms with Gasteiger partial charge in [-0.1, -0.05) is 12.1 Å². The van der Waals surface area contributed by atoms with Crippen molar-refractivity contribution in [2.45, 2.75) is 6.42 Å². The van der Waals surface area contributed by atoms with E-state index in [-0.39, 0.29) is 19.1 Å². The topological polar surface area (TPSA) is 61.7 Å². The fraction of sp³-hybridized carbons (Fsp3) is 0.538. The van der Waals surface area contributed by atoms with Crippen molar-refractivity contribution in [1.82, 2.24) is 5.32 Å². The van der Waals surface area contributed by atoms with Crippen molar-refractivity contribution in [1.29, 1.82) is 0 Å². The quantitative estimate of drug-likeness (QED) is 0.615. The predicted octanol–water partition coefficient (Wildman–Crippen LogP) is 0.428. The molecule has 1 aromatic rings. The average Bonchev–Trinajstić information content (AvgIpc) is 2.39. The maximum atomic E-state index is 8.90. The summed E-state index contributed by atoms with van der Waals surface area (Å²) in [5.74, 6) is 0.559. The number of aliphatic hydroxyl groups excluding tert-OH is 2. The Hall–Kier alpha value is -1.10. The number of benzene rings is 1. The van der Waals surface area contributed by atoms with Crippen LogP contribution in [0.25, 0.3) is 0 Å². The SMILES string of the molecule is CNCCc1ccc(OCC(CO)CO)cc1. The third kappa shape index (κ3) is 5.17. The van der Waals surface area contributed by atoms with Gasteiger partial charge in [-0.05, 0) is 37.7 Å². The average molecular weight is 239 g/mol. The summed E-state index contributed by atoms with van der Waals surface area (Å²) in [4.78, 5) is 0. The van der Waals surface area contributed by atoms with Crippen LogP contribution in [0.4, 0.5) is 0 Å². The first kappa shape index (κ1) is 14.0. The second-order valence-electron chi connectivity index (χ2n) is 4.04. The zero-order chi connectivity index (χ0) is 12.5.